The summed E-state index contributed by atoms with van der Waals surface area (Å²) < 4.78 is 5.34. The number of para-hydroxylation sites is 1. The first-order valence-electron chi connectivity index (χ1n) is 6.15. The molecule has 0 radical (unpaired) electrons. The Morgan fingerprint density at radius 1 is 1.16 bits per heavy atom. The second-order valence-electron chi connectivity index (χ2n) is 4.29. The number of hydrogen-bond acceptors (Lipinski definition) is 2. The number of carboxylic acid groups (broad SMARTS) is 1. The van der Waals surface area contributed by atoms with Crippen molar-refractivity contribution < 1.29 is 14.6 Å². The highest BCUT2D eigenvalue weighted by atomic mass is 16.5. The maximum absolute atomic E-state index is 10.6. The lowest BCUT2D eigenvalue weighted by Crippen LogP contribution is -1.97. The van der Waals surface area contributed by atoms with Crippen LogP contribution >= 0.6 is 0 Å². The van der Waals surface area contributed by atoms with E-state index in [1.165, 1.54) is 0 Å². The third-order valence-electron chi connectivity index (χ3n) is 2.97. The number of aliphatic carboxylic acids is 1. The lowest BCUT2D eigenvalue weighted by Gasteiger charge is -2.09. The van der Waals surface area contributed by atoms with Gasteiger partial charge in [-0.2, -0.15) is 0 Å². The molecular formula is C16H16O3. The molecule has 0 saturated heterocycles. The van der Waals surface area contributed by atoms with E-state index in [-0.39, 0.29) is 6.42 Å². The number of hydrogen-bond donors (Lipinski definition) is 1. The van der Waals surface area contributed by atoms with E-state index in [9.17, 15) is 4.79 Å². The van der Waals surface area contributed by atoms with E-state index in [2.05, 4.69) is 0 Å². The molecule has 3 nitrogen and oxygen atoms in total. The molecule has 0 aliphatic heterocycles. The van der Waals surface area contributed by atoms with Gasteiger partial charge < -0.3 is 9.84 Å². The molecule has 2 rings (SSSR count). The van der Waals surface area contributed by atoms with Crippen molar-refractivity contribution in [2.24, 2.45) is 0 Å². The van der Waals surface area contributed by atoms with Gasteiger partial charge in [0, 0.05) is 12.0 Å². The van der Waals surface area contributed by atoms with Gasteiger partial charge in [0.15, 0.2) is 0 Å². The SMILES string of the molecule is COc1ccccc1-c1cccc(CCC(=O)O)c1. The minimum atomic E-state index is -0.775. The summed E-state index contributed by atoms with van der Waals surface area (Å²) in [7, 11) is 1.65. The van der Waals surface area contributed by atoms with Crippen LogP contribution in [0.4, 0.5) is 0 Å². The van der Waals surface area contributed by atoms with Crippen LogP contribution in [0.15, 0.2) is 48.5 Å². The summed E-state index contributed by atoms with van der Waals surface area (Å²) in [6.45, 7) is 0. The predicted octanol–water partition coefficient (Wildman–Crippen LogP) is 3.38. The van der Waals surface area contributed by atoms with Crippen LogP contribution in [0, 0.1) is 0 Å². The first-order chi connectivity index (χ1) is 9.20. The van der Waals surface area contributed by atoms with Gasteiger partial charge in [-0.1, -0.05) is 42.5 Å². The summed E-state index contributed by atoms with van der Waals surface area (Å²) in [5, 5.41) is 8.72. The summed E-state index contributed by atoms with van der Waals surface area (Å²) in [4.78, 5) is 10.6. The molecule has 98 valence electrons. The van der Waals surface area contributed by atoms with E-state index < -0.39 is 5.97 Å². The number of rotatable bonds is 5. The smallest absolute Gasteiger partial charge is 0.303 e. The van der Waals surface area contributed by atoms with Crippen LogP contribution in [0.3, 0.4) is 0 Å². The van der Waals surface area contributed by atoms with Crippen molar-refractivity contribution in [3.05, 3.63) is 54.1 Å². The van der Waals surface area contributed by atoms with Crippen LogP contribution in [-0.4, -0.2) is 18.2 Å². The standard InChI is InChI=1S/C16H16O3/c1-19-15-8-3-2-7-14(15)13-6-4-5-12(11-13)9-10-16(17)18/h2-8,11H,9-10H2,1H3,(H,17,18). The first kappa shape index (κ1) is 13.1. The van der Waals surface area contributed by atoms with E-state index in [1.807, 2.05) is 48.5 Å². The lowest BCUT2D eigenvalue weighted by molar-refractivity contribution is -0.136. The van der Waals surface area contributed by atoms with E-state index in [0.29, 0.717) is 6.42 Å². The Balaban J connectivity index is 2.29. The minimum absolute atomic E-state index is 0.148. The topological polar surface area (TPSA) is 46.5 Å². The lowest BCUT2D eigenvalue weighted by atomic mass is 10.0. The molecule has 0 heterocycles. The van der Waals surface area contributed by atoms with E-state index >= 15 is 0 Å². The average molecular weight is 256 g/mol. The maximum Gasteiger partial charge on any atom is 0.303 e. The van der Waals surface area contributed by atoms with Crippen LogP contribution < -0.4 is 4.74 Å². The zero-order chi connectivity index (χ0) is 13.7. The molecule has 0 aliphatic carbocycles. The number of benzene rings is 2. The zero-order valence-electron chi connectivity index (χ0n) is 10.8. The maximum atomic E-state index is 10.6. The highest BCUT2D eigenvalue weighted by Gasteiger charge is 2.06. The summed E-state index contributed by atoms with van der Waals surface area (Å²) >= 11 is 0. The average Bonchev–Trinajstić information content (AvgIpc) is 2.45. The van der Waals surface area contributed by atoms with Crippen molar-refractivity contribution in [2.75, 3.05) is 7.11 Å². The minimum Gasteiger partial charge on any atom is -0.496 e. The fraction of sp³-hybridized carbons (Fsp3) is 0.188. The van der Waals surface area contributed by atoms with Gasteiger partial charge in [-0.25, -0.2) is 0 Å². The van der Waals surface area contributed by atoms with E-state index in [0.717, 1.165) is 22.4 Å². The van der Waals surface area contributed by atoms with Crippen molar-refractivity contribution in [1.29, 1.82) is 0 Å². The monoisotopic (exact) mass is 256 g/mol. The summed E-state index contributed by atoms with van der Waals surface area (Å²) in [5.74, 6) is 0.0422. The number of methoxy groups -OCH3 is 1. The van der Waals surface area contributed by atoms with Crippen LogP contribution in [0.5, 0.6) is 5.75 Å². The van der Waals surface area contributed by atoms with Gasteiger partial charge in [-0.05, 0) is 23.6 Å². The Kier molecular flexibility index (Phi) is 4.18. The second kappa shape index (κ2) is 6.05. The normalized spacial score (nSPS) is 10.2. The molecule has 0 fully saturated rings. The first-order valence-corrected chi connectivity index (χ1v) is 6.15. The summed E-state index contributed by atoms with van der Waals surface area (Å²) in [6, 6.07) is 15.7. The van der Waals surface area contributed by atoms with Gasteiger partial charge in [0.05, 0.1) is 7.11 Å². The molecule has 2 aromatic carbocycles. The molecule has 3 heteroatoms. The summed E-state index contributed by atoms with van der Waals surface area (Å²) in [6.07, 6.45) is 0.688. The quantitative estimate of drug-likeness (QED) is 0.892. The highest BCUT2D eigenvalue weighted by molar-refractivity contribution is 5.71. The van der Waals surface area contributed by atoms with Crippen molar-refractivity contribution in [3.8, 4) is 16.9 Å². The van der Waals surface area contributed by atoms with Crippen molar-refractivity contribution in [3.63, 3.8) is 0 Å². The van der Waals surface area contributed by atoms with Gasteiger partial charge in [0.1, 0.15) is 5.75 Å². The van der Waals surface area contributed by atoms with E-state index in [4.69, 9.17) is 9.84 Å². The molecule has 2 aromatic rings. The third-order valence-corrected chi connectivity index (χ3v) is 2.97. The van der Waals surface area contributed by atoms with Gasteiger partial charge in [0.25, 0.3) is 0 Å². The van der Waals surface area contributed by atoms with Crippen molar-refractivity contribution in [2.45, 2.75) is 12.8 Å². The number of carboxylic acids is 1. The molecule has 0 atom stereocenters. The van der Waals surface area contributed by atoms with Crippen LogP contribution in [0.2, 0.25) is 0 Å². The second-order valence-corrected chi connectivity index (χ2v) is 4.29. The highest BCUT2D eigenvalue weighted by Crippen LogP contribution is 2.30. The Morgan fingerprint density at radius 2 is 1.95 bits per heavy atom. The van der Waals surface area contributed by atoms with Crippen molar-refractivity contribution >= 4 is 5.97 Å². The molecule has 0 bridgehead atoms. The number of ether oxygens (including phenoxy) is 1. The Labute approximate surface area is 112 Å². The third kappa shape index (κ3) is 3.35. The predicted molar refractivity (Wildman–Crippen MR) is 74.4 cm³/mol. The Morgan fingerprint density at radius 3 is 2.68 bits per heavy atom. The van der Waals surface area contributed by atoms with Gasteiger partial charge in [-0.3, -0.25) is 4.79 Å². The molecule has 1 N–H and O–H groups in total. The van der Waals surface area contributed by atoms with Gasteiger partial charge >= 0.3 is 5.97 Å². The largest absolute Gasteiger partial charge is 0.496 e. The fourth-order valence-corrected chi connectivity index (χ4v) is 2.03. The molecule has 19 heavy (non-hydrogen) atoms. The van der Waals surface area contributed by atoms with E-state index in [1.54, 1.807) is 7.11 Å². The number of carbonyl (C=O) groups is 1. The molecule has 0 spiro atoms. The van der Waals surface area contributed by atoms with Crippen molar-refractivity contribution in [1.82, 2.24) is 0 Å². The molecule has 0 saturated carbocycles. The molecular weight excluding hydrogens is 240 g/mol. The molecule has 0 aromatic heterocycles. The molecule has 0 unspecified atom stereocenters. The summed E-state index contributed by atoms with van der Waals surface area (Å²) in [5.41, 5.74) is 3.08. The number of aryl methyl sites for hydroxylation is 1. The van der Waals surface area contributed by atoms with Crippen LogP contribution in [0.1, 0.15) is 12.0 Å². The van der Waals surface area contributed by atoms with Crippen LogP contribution in [-0.2, 0) is 11.2 Å². The Bertz CT molecular complexity index is 576. The molecule has 0 amide bonds. The zero-order valence-corrected chi connectivity index (χ0v) is 10.8. The van der Waals surface area contributed by atoms with Gasteiger partial charge in [-0.15, -0.1) is 0 Å². The molecule has 0 aliphatic rings. The van der Waals surface area contributed by atoms with Gasteiger partial charge in [0.2, 0.25) is 0 Å². The fourth-order valence-electron chi connectivity index (χ4n) is 2.03. The van der Waals surface area contributed by atoms with Crippen LogP contribution in [0.25, 0.3) is 11.1 Å². The Hall–Kier alpha value is -2.29.